The average molecular weight is 437 g/mol. The van der Waals surface area contributed by atoms with Crippen molar-refractivity contribution in [1.82, 2.24) is 5.32 Å². The van der Waals surface area contributed by atoms with E-state index in [1.807, 2.05) is 36.2 Å². The van der Waals surface area contributed by atoms with Crippen LogP contribution < -0.4 is 15.1 Å². The molecular weight excluding hydrogens is 404 g/mol. The number of nitrogens with one attached hydrogen (secondary N) is 2. The molecule has 3 aliphatic carbocycles. The first-order valence-electron chi connectivity index (χ1n) is 12.0. The van der Waals surface area contributed by atoms with E-state index >= 15 is 0 Å². The van der Waals surface area contributed by atoms with Crippen molar-refractivity contribution in [1.29, 1.82) is 5.41 Å². The van der Waals surface area contributed by atoms with Gasteiger partial charge in [-0.15, -0.1) is 0 Å². The number of amides is 2. The SMILES string of the molecule is CC1CN(C(=O)OC2CCCC2)c2cc(/C(C=N)=C/NC3CC3)ccc2N1C(=O)C1CC1. The predicted molar refractivity (Wildman–Crippen MR) is 125 cm³/mol. The summed E-state index contributed by atoms with van der Waals surface area (Å²) in [7, 11) is 0. The van der Waals surface area contributed by atoms with Gasteiger partial charge in [-0.25, -0.2) is 4.79 Å². The van der Waals surface area contributed by atoms with Gasteiger partial charge < -0.3 is 20.4 Å². The summed E-state index contributed by atoms with van der Waals surface area (Å²) in [6, 6.07) is 6.16. The van der Waals surface area contributed by atoms with E-state index in [0.29, 0.717) is 18.3 Å². The molecule has 1 atom stereocenters. The Bertz CT molecular complexity index is 945. The van der Waals surface area contributed by atoms with Crippen molar-refractivity contribution in [2.75, 3.05) is 16.3 Å². The summed E-state index contributed by atoms with van der Waals surface area (Å²) in [5.41, 5.74) is 3.05. The molecular formula is C25H32N4O3. The Morgan fingerprint density at radius 1 is 1.09 bits per heavy atom. The van der Waals surface area contributed by atoms with Crippen molar-refractivity contribution in [2.24, 2.45) is 5.92 Å². The first-order valence-corrected chi connectivity index (χ1v) is 12.0. The van der Waals surface area contributed by atoms with Crippen LogP contribution in [-0.4, -0.2) is 42.9 Å². The number of allylic oxidation sites excluding steroid dienone is 1. The zero-order chi connectivity index (χ0) is 22.2. The lowest BCUT2D eigenvalue weighted by Gasteiger charge is -2.41. The largest absolute Gasteiger partial charge is 0.446 e. The van der Waals surface area contributed by atoms with E-state index in [-0.39, 0.29) is 30.1 Å². The molecule has 3 saturated carbocycles. The lowest BCUT2D eigenvalue weighted by Crippen LogP contribution is -2.52. The van der Waals surface area contributed by atoms with Crippen molar-refractivity contribution in [3.05, 3.63) is 30.0 Å². The van der Waals surface area contributed by atoms with Crippen LogP contribution in [0.1, 0.15) is 63.9 Å². The number of rotatable bonds is 6. The van der Waals surface area contributed by atoms with E-state index in [2.05, 4.69) is 5.32 Å². The molecule has 0 aromatic heterocycles. The van der Waals surface area contributed by atoms with Crippen molar-refractivity contribution in [2.45, 2.75) is 76.5 Å². The van der Waals surface area contributed by atoms with Crippen molar-refractivity contribution in [3.63, 3.8) is 0 Å². The maximum Gasteiger partial charge on any atom is 0.414 e. The summed E-state index contributed by atoms with van der Waals surface area (Å²) in [5, 5.41) is 11.2. The fourth-order valence-electron chi connectivity index (χ4n) is 4.72. The summed E-state index contributed by atoms with van der Waals surface area (Å²) in [6.07, 6.45) is 11.1. The van der Waals surface area contributed by atoms with E-state index < -0.39 is 0 Å². The molecule has 1 heterocycles. The molecule has 1 aromatic rings. The summed E-state index contributed by atoms with van der Waals surface area (Å²) in [5.74, 6) is 0.246. The highest BCUT2D eigenvalue weighted by atomic mass is 16.6. The normalized spacial score (nSPS) is 23.7. The maximum absolute atomic E-state index is 13.2. The van der Waals surface area contributed by atoms with Gasteiger partial charge in [0.05, 0.1) is 17.4 Å². The van der Waals surface area contributed by atoms with Crippen molar-refractivity contribution in [3.8, 4) is 0 Å². The van der Waals surface area contributed by atoms with Gasteiger partial charge in [-0.2, -0.15) is 0 Å². The van der Waals surface area contributed by atoms with Crippen LogP contribution in [0, 0.1) is 11.3 Å². The molecule has 170 valence electrons. The summed E-state index contributed by atoms with van der Waals surface area (Å²) in [6.45, 7) is 2.40. The van der Waals surface area contributed by atoms with Crippen LogP contribution >= 0.6 is 0 Å². The molecule has 7 nitrogen and oxygen atoms in total. The monoisotopic (exact) mass is 436 g/mol. The molecule has 1 aliphatic heterocycles. The minimum atomic E-state index is -0.336. The first-order chi connectivity index (χ1) is 15.5. The number of nitrogens with zero attached hydrogens (tertiary/aromatic N) is 2. The Morgan fingerprint density at radius 2 is 1.84 bits per heavy atom. The number of hydrogen-bond donors (Lipinski definition) is 2. The van der Waals surface area contributed by atoms with Crippen LogP contribution in [-0.2, 0) is 9.53 Å². The Morgan fingerprint density at radius 3 is 2.50 bits per heavy atom. The zero-order valence-electron chi connectivity index (χ0n) is 18.7. The van der Waals surface area contributed by atoms with Gasteiger partial charge >= 0.3 is 6.09 Å². The fraction of sp³-hybridized carbons (Fsp3) is 0.560. The van der Waals surface area contributed by atoms with Crippen LogP contribution in [0.3, 0.4) is 0 Å². The predicted octanol–water partition coefficient (Wildman–Crippen LogP) is 4.46. The highest BCUT2D eigenvalue weighted by Crippen LogP contribution is 2.42. The van der Waals surface area contributed by atoms with E-state index in [1.165, 1.54) is 6.21 Å². The number of benzene rings is 1. The summed E-state index contributed by atoms with van der Waals surface area (Å²) in [4.78, 5) is 29.8. The van der Waals surface area contributed by atoms with E-state index in [0.717, 1.165) is 68.2 Å². The summed E-state index contributed by atoms with van der Waals surface area (Å²) < 4.78 is 5.84. The number of carbonyl (C=O) groups is 2. The van der Waals surface area contributed by atoms with E-state index in [9.17, 15) is 9.59 Å². The molecule has 0 bridgehead atoms. The van der Waals surface area contributed by atoms with Crippen LogP contribution in [0.2, 0.25) is 0 Å². The molecule has 1 aromatic carbocycles. The Hall–Kier alpha value is -2.83. The molecule has 2 N–H and O–H groups in total. The van der Waals surface area contributed by atoms with Gasteiger partial charge in [0, 0.05) is 36.5 Å². The van der Waals surface area contributed by atoms with Gasteiger partial charge in [0.1, 0.15) is 6.10 Å². The second-order valence-electron chi connectivity index (χ2n) is 9.62. The molecule has 2 amide bonds. The molecule has 7 heteroatoms. The summed E-state index contributed by atoms with van der Waals surface area (Å²) >= 11 is 0. The molecule has 5 rings (SSSR count). The van der Waals surface area contributed by atoms with Gasteiger partial charge in [-0.1, -0.05) is 6.07 Å². The number of carbonyl (C=O) groups excluding carboxylic acids is 2. The molecule has 0 radical (unpaired) electrons. The van der Waals surface area contributed by atoms with Crippen molar-refractivity contribution < 1.29 is 14.3 Å². The Kier molecular flexibility index (Phi) is 5.66. The molecule has 0 spiro atoms. The minimum Gasteiger partial charge on any atom is -0.446 e. The standard InChI is InChI=1S/C25H32N4O3/c1-16-15-28(25(31)32-21-4-2-3-5-21)23-12-18(19(13-26)14-27-20-9-10-20)8-11-22(23)29(16)24(30)17-6-7-17/h8,11-14,16-17,20-21,26-27H,2-7,9-10,15H2,1H3/b19-14+,26-13?. The van der Waals surface area contributed by atoms with Crippen LogP contribution in [0.25, 0.3) is 5.57 Å². The Balaban J connectivity index is 1.49. The topological polar surface area (TPSA) is 85.7 Å². The molecule has 0 saturated heterocycles. The van der Waals surface area contributed by atoms with Gasteiger partial charge in [-0.3, -0.25) is 9.69 Å². The molecule has 3 fully saturated rings. The van der Waals surface area contributed by atoms with Crippen molar-refractivity contribution >= 4 is 35.2 Å². The molecule has 32 heavy (non-hydrogen) atoms. The second-order valence-corrected chi connectivity index (χ2v) is 9.62. The number of ether oxygens (including phenoxy) is 1. The molecule has 4 aliphatic rings. The van der Waals surface area contributed by atoms with E-state index in [4.69, 9.17) is 10.1 Å². The van der Waals surface area contributed by atoms with E-state index in [1.54, 1.807) is 4.90 Å². The maximum atomic E-state index is 13.2. The third-order valence-electron chi connectivity index (χ3n) is 6.91. The number of anilines is 2. The highest BCUT2D eigenvalue weighted by Gasteiger charge is 2.41. The third-order valence-corrected chi connectivity index (χ3v) is 6.91. The van der Waals surface area contributed by atoms with Gasteiger partial charge in [0.15, 0.2) is 0 Å². The average Bonchev–Trinajstić information content (AvgIpc) is 3.72. The van der Waals surface area contributed by atoms with Crippen LogP contribution in [0.15, 0.2) is 24.4 Å². The smallest absolute Gasteiger partial charge is 0.414 e. The van der Waals surface area contributed by atoms with Gasteiger partial charge in [0.2, 0.25) is 5.91 Å². The van der Waals surface area contributed by atoms with Gasteiger partial charge in [0.25, 0.3) is 0 Å². The first kappa shape index (κ1) is 21.0. The number of fused-ring (bicyclic) bond motifs is 1. The third kappa shape index (κ3) is 4.25. The minimum absolute atomic E-state index is 0.0182. The molecule has 1 unspecified atom stereocenters. The number of hydrogen-bond acceptors (Lipinski definition) is 5. The zero-order valence-corrected chi connectivity index (χ0v) is 18.7. The van der Waals surface area contributed by atoms with Crippen LogP contribution in [0.5, 0.6) is 0 Å². The highest BCUT2D eigenvalue weighted by molar-refractivity contribution is 6.10. The van der Waals surface area contributed by atoms with Crippen LogP contribution in [0.4, 0.5) is 16.2 Å². The lowest BCUT2D eigenvalue weighted by molar-refractivity contribution is -0.120. The van der Waals surface area contributed by atoms with Gasteiger partial charge in [-0.05, 0) is 76.0 Å². The second kappa shape index (κ2) is 8.60. The Labute approximate surface area is 189 Å². The lowest BCUT2D eigenvalue weighted by atomic mass is 10.0. The quantitative estimate of drug-likeness (QED) is 0.645. The fourth-order valence-corrected chi connectivity index (χ4v) is 4.72.